The van der Waals surface area contributed by atoms with E-state index in [1.807, 2.05) is 60.7 Å². The highest BCUT2D eigenvalue weighted by atomic mass is 16.4. The Bertz CT molecular complexity index is 995. The average molecular weight is 376 g/mol. The third-order valence-electron chi connectivity index (χ3n) is 4.70. The minimum atomic E-state index is -1.21. The van der Waals surface area contributed by atoms with Gasteiger partial charge in [0.25, 0.3) is 0 Å². The molecule has 3 rings (SSSR count). The fourth-order valence-corrected chi connectivity index (χ4v) is 3.40. The van der Waals surface area contributed by atoms with E-state index in [2.05, 4.69) is 0 Å². The summed E-state index contributed by atoms with van der Waals surface area (Å²) < 4.78 is 0. The number of hydrogen-bond donors (Lipinski definition) is 3. The average Bonchev–Trinajstić information content (AvgIpc) is 2.69. The van der Waals surface area contributed by atoms with Crippen LogP contribution in [0.15, 0.2) is 66.7 Å². The molecule has 0 aliphatic carbocycles. The smallest absolute Gasteiger partial charge is 0.336 e. The van der Waals surface area contributed by atoms with Gasteiger partial charge in [0.2, 0.25) is 0 Å². The minimum Gasteiger partial charge on any atom is -0.478 e. The van der Waals surface area contributed by atoms with Crippen molar-refractivity contribution in [3.05, 3.63) is 106 Å². The maximum atomic E-state index is 12.2. The summed E-state index contributed by atoms with van der Waals surface area (Å²) in [5, 5.41) is 29.4. The SMILES string of the molecule is O=C(O)c1cc(CO)c(Cc2ccccc2)c(C(=O)O)c1Cc1ccccc1. The number of aliphatic hydroxyl groups is 1. The van der Waals surface area contributed by atoms with Gasteiger partial charge in [0.15, 0.2) is 0 Å². The summed E-state index contributed by atoms with van der Waals surface area (Å²) >= 11 is 0. The minimum absolute atomic E-state index is 0.0448. The number of benzene rings is 3. The molecule has 0 amide bonds. The first kappa shape index (κ1) is 19.3. The molecule has 0 atom stereocenters. The van der Waals surface area contributed by atoms with Gasteiger partial charge in [-0.1, -0.05) is 60.7 Å². The number of carbonyl (C=O) groups is 2. The van der Waals surface area contributed by atoms with Crippen molar-refractivity contribution in [2.75, 3.05) is 0 Å². The van der Waals surface area contributed by atoms with E-state index in [1.54, 1.807) is 0 Å². The molecule has 3 N–H and O–H groups in total. The normalized spacial score (nSPS) is 10.6. The number of carboxylic acid groups (broad SMARTS) is 2. The van der Waals surface area contributed by atoms with Crippen LogP contribution in [0.25, 0.3) is 0 Å². The number of aromatic carboxylic acids is 2. The van der Waals surface area contributed by atoms with E-state index < -0.39 is 18.5 Å². The third kappa shape index (κ3) is 4.10. The van der Waals surface area contributed by atoms with Crippen LogP contribution in [-0.4, -0.2) is 27.3 Å². The van der Waals surface area contributed by atoms with Crippen molar-refractivity contribution in [3.8, 4) is 0 Å². The van der Waals surface area contributed by atoms with Crippen molar-refractivity contribution in [2.24, 2.45) is 0 Å². The summed E-state index contributed by atoms with van der Waals surface area (Å²) in [6.45, 7) is -0.436. The molecule has 3 aromatic rings. The Morgan fingerprint density at radius 1 is 0.714 bits per heavy atom. The maximum absolute atomic E-state index is 12.2. The highest BCUT2D eigenvalue weighted by molar-refractivity contribution is 5.98. The highest BCUT2D eigenvalue weighted by Gasteiger charge is 2.25. The predicted molar refractivity (Wildman–Crippen MR) is 105 cm³/mol. The third-order valence-corrected chi connectivity index (χ3v) is 4.70. The van der Waals surface area contributed by atoms with Gasteiger partial charge in [0, 0.05) is 0 Å². The molecule has 0 bridgehead atoms. The molecule has 0 saturated carbocycles. The van der Waals surface area contributed by atoms with Gasteiger partial charge in [0.1, 0.15) is 0 Å². The van der Waals surface area contributed by atoms with Gasteiger partial charge in [-0.25, -0.2) is 9.59 Å². The van der Waals surface area contributed by atoms with Gasteiger partial charge in [-0.2, -0.15) is 0 Å². The zero-order valence-corrected chi connectivity index (χ0v) is 15.1. The fourth-order valence-electron chi connectivity index (χ4n) is 3.40. The Kier molecular flexibility index (Phi) is 5.87. The summed E-state index contributed by atoms with van der Waals surface area (Å²) in [5.41, 5.74) is 2.56. The molecule has 5 heteroatoms. The lowest BCUT2D eigenvalue weighted by atomic mass is 9.85. The van der Waals surface area contributed by atoms with E-state index >= 15 is 0 Å². The monoisotopic (exact) mass is 376 g/mol. The summed E-state index contributed by atoms with van der Waals surface area (Å²) in [6.07, 6.45) is 0.470. The molecule has 0 unspecified atom stereocenters. The molecular weight excluding hydrogens is 356 g/mol. The van der Waals surface area contributed by atoms with Crippen LogP contribution in [0.3, 0.4) is 0 Å². The molecule has 0 heterocycles. The molecule has 0 aliphatic rings. The molecule has 5 nitrogen and oxygen atoms in total. The Morgan fingerprint density at radius 3 is 1.64 bits per heavy atom. The molecule has 28 heavy (non-hydrogen) atoms. The van der Waals surface area contributed by atoms with Crippen LogP contribution in [0.1, 0.15) is 48.5 Å². The largest absolute Gasteiger partial charge is 0.478 e. The predicted octanol–water partition coefficient (Wildman–Crippen LogP) is 3.76. The second-order valence-electron chi connectivity index (χ2n) is 6.51. The van der Waals surface area contributed by atoms with Gasteiger partial charge >= 0.3 is 11.9 Å². The number of aliphatic hydroxyl groups excluding tert-OH is 1. The highest BCUT2D eigenvalue weighted by Crippen LogP contribution is 2.29. The van der Waals surface area contributed by atoms with Crippen molar-refractivity contribution < 1.29 is 24.9 Å². The van der Waals surface area contributed by atoms with E-state index in [9.17, 15) is 24.9 Å². The molecular formula is C23H20O5. The van der Waals surface area contributed by atoms with E-state index in [-0.39, 0.29) is 23.1 Å². The van der Waals surface area contributed by atoms with Crippen LogP contribution in [0, 0.1) is 0 Å². The van der Waals surface area contributed by atoms with Crippen LogP contribution < -0.4 is 0 Å². The first-order valence-corrected chi connectivity index (χ1v) is 8.84. The topological polar surface area (TPSA) is 94.8 Å². The molecule has 0 spiro atoms. The summed E-state index contributed by atoms with van der Waals surface area (Å²) in [4.78, 5) is 24.0. The maximum Gasteiger partial charge on any atom is 0.336 e. The van der Waals surface area contributed by atoms with Crippen molar-refractivity contribution in [1.29, 1.82) is 0 Å². The van der Waals surface area contributed by atoms with Crippen LogP contribution in [0.2, 0.25) is 0 Å². The Morgan fingerprint density at radius 2 is 1.21 bits per heavy atom. The van der Waals surface area contributed by atoms with Gasteiger partial charge in [-0.05, 0) is 46.7 Å². The lowest BCUT2D eigenvalue weighted by Crippen LogP contribution is -2.16. The quantitative estimate of drug-likeness (QED) is 0.584. The van der Waals surface area contributed by atoms with Gasteiger partial charge < -0.3 is 15.3 Å². The molecule has 0 aromatic heterocycles. The van der Waals surface area contributed by atoms with E-state index in [1.165, 1.54) is 6.07 Å². The van der Waals surface area contributed by atoms with Gasteiger partial charge in [0.05, 0.1) is 17.7 Å². The Hall–Kier alpha value is -3.44. The lowest BCUT2D eigenvalue weighted by Gasteiger charge is -2.18. The Balaban J connectivity index is 2.24. The van der Waals surface area contributed by atoms with E-state index in [0.717, 1.165) is 11.1 Å². The standard InChI is InChI=1S/C23H20O5/c24-14-17-13-20(22(25)26)19(12-16-9-5-2-6-10-16)21(23(27)28)18(17)11-15-7-3-1-4-8-15/h1-10,13,24H,11-12,14H2,(H,25,26)(H,27,28). The molecule has 142 valence electrons. The van der Waals surface area contributed by atoms with Crippen molar-refractivity contribution in [3.63, 3.8) is 0 Å². The lowest BCUT2D eigenvalue weighted by molar-refractivity contribution is 0.0694. The first-order valence-electron chi connectivity index (χ1n) is 8.84. The van der Waals surface area contributed by atoms with Crippen LogP contribution in [-0.2, 0) is 19.4 Å². The molecule has 0 saturated heterocycles. The molecule has 0 radical (unpaired) electrons. The van der Waals surface area contributed by atoms with Crippen molar-refractivity contribution >= 4 is 11.9 Å². The van der Waals surface area contributed by atoms with Crippen LogP contribution in [0.4, 0.5) is 0 Å². The number of carboxylic acids is 2. The zero-order valence-electron chi connectivity index (χ0n) is 15.1. The summed E-state index contributed by atoms with van der Waals surface area (Å²) in [5.74, 6) is -2.41. The molecule has 0 aliphatic heterocycles. The number of rotatable bonds is 7. The molecule has 0 fully saturated rings. The van der Waals surface area contributed by atoms with E-state index in [0.29, 0.717) is 17.5 Å². The zero-order chi connectivity index (χ0) is 20.1. The van der Waals surface area contributed by atoms with Gasteiger partial charge in [-0.15, -0.1) is 0 Å². The van der Waals surface area contributed by atoms with Crippen molar-refractivity contribution in [1.82, 2.24) is 0 Å². The number of hydrogen-bond acceptors (Lipinski definition) is 3. The van der Waals surface area contributed by atoms with Crippen LogP contribution >= 0.6 is 0 Å². The molecule has 3 aromatic carbocycles. The first-order chi connectivity index (χ1) is 13.5. The fraction of sp³-hybridized carbons (Fsp3) is 0.130. The van der Waals surface area contributed by atoms with E-state index in [4.69, 9.17) is 0 Å². The van der Waals surface area contributed by atoms with Crippen molar-refractivity contribution in [2.45, 2.75) is 19.4 Å². The Labute approximate surface area is 162 Å². The van der Waals surface area contributed by atoms with Gasteiger partial charge in [-0.3, -0.25) is 0 Å². The second kappa shape index (κ2) is 8.50. The summed E-state index contributed by atoms with van der Waals surface area (Å²) in [7, 11) is 0. The summed E-state index contributed by atoms with van der Waals surface area (Å²) in [6, 6.07) is 19.8. The van der Waals surface area contributed by atoms with Crippen LogP contribution in [0.5, 0.6) is 0 Å². The second-order valence-corrected chi connectivity index (χ2v) is 6.51.